The van der Waals surface area contributed by atoms with Crippen molar-refractivity contribution in [3.8, 4) is 0 Å². The number of likely N-dealkylation sites (tertiary alicyclic amines) is 2. The van der Waals surface area contributed by atoms with E-state index in [1.54, 1.807) is 6.07 Å². The van der Waals surface area contributed by atoms with Gasteiger partial charge < -0.3 is 4.90 Å². The molecule has 6 nitrogen and oxygen atoms in total. The summed E-state index contributed by atoms with van der Waals surface area (Å²) in [5.41, 5.74) is 2.36. The molecule has 0 spiro atoms. The summed E-state index contributed by atoms with van der Waals surface area (Å²) in [4.78, 5) is 34.7. The molecule has 3 aliphatic rings. The fraction of sp³-hybridized carbons (Fsp3) is 0.560. The van der Waals surface area contributed by atoms with Crippen LogP contribution in [0.2, 0.25) is 0 Å². The molecule has 0 unspecified atom stereocenters. The van der Waals surface area contributed by atoms with E-state index in [9.17, 15) is 9.59 Å². The molecule has 0 N–H and O–H groups in total. The van der Waals surface area contributed by atoms with Crippen LogP contribution in [0.5, 0.6) is 0 Å². The third-order valence-corrected chi connectivity index (χ3v) is 7.25. The average Bonchev–Trinajstić information content (AvgIpc) is 3.40. The molecule has 2 fully saturated rings. The van der Waals surface area contributed by atoms with Crippen LogP contribution >= 0.6 is 0 Å². The van der Waals surface area contributed by atoms with Gasteiger partial charge in [0.15, 0.2) is 0 Å². The average molecular weight is 421 g/mol. The number of hydrogen-bond donors (Lipinski definition) is 0. The zero-order valence-corrected chi connectivity index (χ0v) is 18.2. The van der Waals surface area contributed by atoms with Crippen LogP contribution in [0.1, 0.15) is 61.0 Å². The van der Waals surface area contributed by atoms with Gasteiger partial charge in [0.2, 0.25) is 5.91 Å². The second-order valence-electron chi connectivity index (χ2n) is 9.35. The number of hydrogen-bond acceptors (Lipinski definition) is 4. The number of rotatable bonds is 4. The lowest BCUT2D eigenvalue weighted by Gasteiger charge is -2.21. The molecule has 2 saturated heterocycles. The van der Waals surface area contributed by atoms with Gasteiger partial charge in [-0.1, -0.05) is 36.8 Å². The molecule has 6 heteroatoms. The first-order valence-corrected chi connectivity index (χ1v) is 11.8. The Kier molecular flexibility index (Phi) is 5.90. The number of aromatic nitrogens is 2. The van der Waals surface area contributed by atoms with Crippen molar-refractivity contribution in [2.24, 2.45) is 0 Å². The molecular formula is C25H32N4O2. The van der Waals surface area contributed by atoms with E-state index in [1.165, 1.54) is 12.0 Å². The third-order valence-electron chi connectivity index (χ3n) is 7.25. The van der Waals surface area contributed by atoms with Crippen molar-refractivity contribution in [3.63, 3.8) is 0 Å². The molecule has 0 aliphatic carbocycles. The molecular weight excluding hydrogens is 388 g/mol. The number of aryl methyl sites for hydroxylation is 1. The second kappa shape index (κ2) is 8.95. The highest BCUT2D eigenvalue weighted by molar-refractivity contribution is 5.78. The number of nitrogens with zero attached hydrogens (tertiary/aromatic N) is 4. The van der Waals surface area contributed by atoms with E-state index in [2.05, 4.69) is 29.2 Å². The number of amides is 1. The molecule has 1 amide bonds. The smallest absolute Gasteiger partial charge is 0.253 e. The van der Waals surface area contributed by atoms with Crippen LogP contribution in [0, 0.1) is 0 Å². The van der Waals surface area contributed by atoms with Gasteiger partial charge in [-0.3, -0.25) is 19.1 Å². The lowest BCUT2D eigenvalue weighted by atomic mass is 9.99. The molecule has 1 aromatic carbocycles. The van der Waals surface area contributed by atoms with Gasteiger partial charge in [-0.15, -0.1) is 0 Å². The van der Waals surface area contributed by atoms with Gasteiger partial charge >= 0.3 is 0 Å². The molecule has 5 rings (SSSR count). The Morgan fingerprint density at radius 3 is 2.68 bits per heavy atom. The summed E-state index contributed by atoms with van der Waals surface area (Å²) < 4.78 is 1.86. The van der Waals surface area contributed by atoms with Gasteiger partial charge in [0.05, 0.1) is 12.2 Å². The van der Waals surface area contributed by atoms with Crippen molar-refractivity contribution in [2.75, 3.05) is 32.7 Å². The molecule has 3 aliphatic heterocycles. The summed E-state index contributed by atoms with van der Waals surface area (Å²) in [6.45, 7) is 4.65. The summed E-state index contributed by atoms with van der Waals surface area (Å²) >= 11 is 0. The van der Waals surface area contributed by atoms with Crippen LogP contribution in [0.25, 0.3) is 0 Å². The number of benzene rings is 1. The first-order valence-electron chi connectivity index (χ1n) is 11.8. The second-order valence-corrected chi connectivity index (χ2v) is 9.35. The van der Waals surface area contributed by atoms with Gasteiger partial charge in [0, 0.05) is 50.5 Å². The summed E-state index contributed by atoms with van der Waals surface area (Å²) in [7, 11) is 0. The minimum atomic E-state index is 0.0976. The molecule has 2 atom stereocenters. The van der Waals surface area contributed by atoms with E-state index in [-0.39, 0.29) is 17.4 Å². The topological polar surface area (TPSA) is 58.4 Å². The standard InChI is InChI=1S/C25H32N4O2/c30-24-15-22(26-23-9-5-2-6-12-29(23)24)21-10-13-27(16-21)18-25(31)28-14-11-20(17-28)19-7-3-1-4-8-19/h1,3-4,7-8,15,20-21H,2,5-6,9-14,16-18H2/t20-,21+/m0/s1. The van der Waals surface area contributed by atoms with Crippen LogP contribution < -0.4 is 5.56 Å². The maximum absolute atomic E-state index is 12.9. The molecule has 0 bridgehead atoms. The van der Waals surface area contributed by atoms with Crippen molar-refractivity contribution in [2.45, 2.75) is 56.9 Å². The monoisotopic (exact) mass is 420 g/mol. The van der Waals surface area contributed by atoms with E-state index in [0.29, 0.717) is 12.5 Å². The molecule has 2 aromatic rings. The predicted molar refractivity (Wildman–Crippen MR) is 120 cm³/mol. The summed E-state index contributed by atoms with van der Waals surface area (Å²) in [6.07, 6.45) is 6.25. The van der Waals surface area contributed by atoms with Crippen LogP contribution in [-0.2, 0) is 17.8 Å². The van der Waals surface area contributed by atoms with E-state index in [4.69, 9.17) is 4.98 Å². The molecule has 0 radical (unpaired) electrons. The minimum absolute atomic E-state index is 0.0976. The summed E-state index contributed by atoms with van der Waals surface area (Å²) in [5, 5.41) is 0. The Labute approximate surface area is 183 Å². The van der Waals surface area contributed by atoms with Gasteiger partial charge in [0.25, 0.3) is 5.56 Å². The zero-order valence-electron chi connectivity index (χ0n) is 18.2. The van der Waals surface area contributed by atoms with E-state index < -0.39 is 0 Å². The fourth-order valence-electron chi connectivity index (χ4n) is 5.44. The van der Waals surface area contributed by atoms with Gasteiger partial charge in [-0.25, -0.2) is 4.98 Å². The molecule has 164 valence electrons. The van der Waals surface area contributed by atoms with Crippen LogP contribution in [0.15, 0.2) is 41.2 Å². The highest BCUT2D eigenvalue weighted by Gasteiger charge is 2.31. The van der Waals surface area contributed by atoms with Gasteiger partial charge in [-0.2, -0.15) is 0 Å². The summed E-state index contributed by atoms with van der Waals surface area (Å²) in [5.74, 6) is 1.89. The maximum Gasteiger partial charge on any atom is 0.253 e. The Morgan fingerprint density at radius 2 is 1.81 bits per heavy atom. The predicted octanol–water partition coefficient (Wildman–Crippen LogP) is 2.78. The number of carbonyl (C=O) groups is 1. The van der Waals surface area contributed by atoms with Crippen LogP contribution in [-0.4, -0.2) is 58.0 Å². The molecule has 0 saturated carbocycles. The highest BCUT2D eigenvalue weighted by Crippen LogP contribution is 2.29. The van der Waals surface area contributed by atoms with Crippen molar-refractivity contribution >= 4 is 5.91 Å². The molecule has 1 aromatic heterocycles. The first-order chi connectivity index (χ1) is 15.2. The van der Waals surface area contributed by atoms with Crippen molar-refractivity contribution in [1.29, 1.82) is 0 Å². The molecule has 4 heterocycles. The van der Waals surface area contributed by atoms with Crippen molar-refractivity contribution in [1.82, 2.24) is 19.4 Å². The quantitative estimate of drug-likeness (QED) is 0.763. The Bertz CT molecular complexity index is 987. The van der Waals surface area contributed by atoms with E-state index in [0.717, 1.165) is 76.3 Å². The maximum atomic E-state index is 12.9. The van der Waals surface area contributed by atoms with E-state index in [1.807, 2.05) is 15.5 Å². The largest absolute Gasteiger partial charge is 0.341 e. The van der Waals surface area contributed by atoms with Crippen molar-refractivity contribution in [3.05, 3.63) is 63.8 Å². The summed E-state index contributed by atoms with van der Waals surface area (Å²) in [6, 6.07) is 12.3. The van der Waals surface area contributed by atoms with Gasteiger partial charge in [-0.05, 0) is 37.8 Å². The minimum Gasteiger partial charge on any atom is -0.341 e. The Morgan fingerprint density at radius 1 is 0.968 bits per heavy atom. The normalized spacial score (nSPS) is 24.2. The van der Waals surface area contributed by atoms with Gasteiger partial charge in [0.1, 0.15) is 5.82 Å². The lowest BCUT2D eigenvalue weighted by Crippen LogP contribution is -2.38. The van der Waals surface area contributed by atoms with Crippen molar-refractivity contribution < 1.29 is 4.79 Å². The lowest BCUT2D eigenvalue weighted by molar-refractivity contribution is -0.131. The fourth-order valence-corrected chi connectivity index (χ4v) is 5.44. The first kappa shape index (κ1) is 20.4. The van der Waals surface area contributed by atoms with Crippen LogP contribution in [0.4, 0.5) is 0 Å². The Hall–Kier alpha value is -2.47. The van der Waals surface area contributed by atoms with Crippen LogP contribution in [0.3, 0.4) is 0 Å². The molecule has 31 heavy (non-hydrogen) atoms. The number of fused-ring (bicyclic) bond motifs is 1. The highest BCUT2D eigenvalue weighted by atomic mass is 16.2. The third kappa shape index (κ3) is 4.45. The van der Waals surface area contributed by atoms with E-state index >= 15 is 0 Å². The number of carbonyl (C=O) groups excluding carboxylic acids is 1. The Balaban J connectivity index is 1.19. The SMILES string of the molecule is O=C(CN1CC[C@@H](c2cc(=O)n3c(n2)CCCCC3)C1)N1CC[C@H](c2ccccc2)C1. The zero-order chi connectivity index (χ0) is 21.2.